The molecule has 1 aliphatic rings. The Labute approximate surface area is 172 Å². The normalized spacial score (nSPS) is 16.7. The van der Waals surface area contributed by atoms with E-state index in [9.17, 15) is 8.42 Å². The summed E-state index contributed by atoms with van der Waals surface area (Å²) < 4.78 is 32.6. The number of sulfonamides is 1. The standard InChI is InChI=1S/C23H26N2O3S/c1-24(18-20-9-10-21-6-2-3-7-22(21)15-20)17-19-5-4-8-23(16-19)29(26,27)25-11-13-28-14-12-25/h2-10,15-16H,11-14,17-18H2,1H3/p+1. The third-order valence-electron chi connectivity index (χ3n) is 5.33. The highest BCUT2D eigenvalue weighted by atomic mass is 32.2. The predicted molar refractivity (Wildman–Crippen MR) is 114 cm³/mol. The molecule has 0 spiro atoms. The lowest BCUT2D eigenvalue weighted by molar-refractivity contribution is -0.907. The molecule has 4 rings (SSSR count). The van der Waals surface area contributed by atoms with Crippen LogP contribution in [-0.4, -0.2) is 46.1 Å². The lowest BCUT2D eigenvalue weighted by atomic mass is 10.1. The Morgan fingerprint density at radius 3 is 2.31 bits per heavy atom. The monoisotopic (exact) mass is 411 g/mol. The summed E-state index contributed by atoms with van der Waals surface area (Å²) in [6.07, 6.45) is 0. The van der Waals surface area contributed by atoms with Gasteiger partial charge in [0.15, 0.2) is 0 Å². The number of nitrogens with zero attached hydrogens (tertiary/aromatic N) is 1. The van der Waals surface area contributed by atoms with Crippen LogP contribution in [0.2, 0.25) is 0 Å². The van der Waals surface area contributed by atoms with E-state index in [4.69, 9.17) is 4.74 Å². The Morgan fingerprint density at radius 2 is 1.55 bits per heavy atom. The summed E-state index contributed by atoms with van der Waals surface area (Å²) in [5.74, 6) is 0. The zero-order valence-electron chi connectivity index (χ0n) is 16.7. The number of quaternary nitrogens is 1. The van der Waals surface area contributed by atoms with Crippen molar-refractivity contribution in [2.75, 3.05) is 33.4 Å². The molecule has 29 heavy (non-hydrogen) atoms. The molecule has 3 aromatic carbocycles. The molecule has 0 saturated carbocycles. The Kier molecular flexibility index (Phi) is 5.96. The molecule has 0 bridgehead atoms. The third-order valence-corrected chi connectivity index (χ3v) is 7.23. The van der Waals surface area contributed by atoms with Gasteiger partial charge in [-0.1, -0.05) is 48.5 Å². The number of morpholine rings is 1. The molecule has 0 amide bonds. The number of hydrogen-bond donors (Lipinski definition) is 1. The molecule has 1 N–H and O–H groups in total. The fourth-order valence-corrected chi connectivity index (χ4v) is 5.34. The van der Waals surface area contributed by atoms with Gasteiger partial charge in [-0.2, -0.15) is 4.31 Å². The highest BCUT2D eigenvalue weighted by Gasteiger charge is 2.26. The number of ether oxygens (including phenoxy) is 1. The fourth-order valence-electron chi connectivity index (χ4n) is 3.86. The fraction of sp³-hybridized carbons (Fsp3) is 0.304. The van der Waals surface area contributed by atoms with Gasteiger partial charge >= 0.3 is 0 Å². The maximum absolute atomic E-state index is 12.9. The van der Waals surface area contributed by atoms with E-state index in [1.54, 1.807) is 6.07 Å². The molecule has 3 aromatic rings. The van der Waals surface area contributed by atoms with Crippen LogP contribution in [0.3, 0.4) is 0 Å². The van der Waals surface area contributed by atoms with E-state index in [0.717, 1.165) is 18.7 Å². The van der Waals surface area contributed by atoms with Crippen LogP contribution in [-0.2, 0) is 27.8 Å². The maximum atomic E-state index is 12.9. The van der Waals surface area contributed by atoms with Crippen molar-refractivity contribution >= 4 is 20.8 Å². The second-order valence-electron chi connectivity index (χ2n) is 7.66. The first-order chi connectivity index (χ1) is 14.0. The molecular formula is C23H27N2O3S+. The first-order valence-electron chi connectivity index (χ1n) is 9.98. The van der Waals surface area contributed by atoms with Crippen LogP contribution in [0.25, 0.3) is 10.8 Å². The zero-order valence-corrected chi connectivity index (χ0v) is 17.5. The smallest absolute Gasteiger partial charge is 0.243 e. The number of nitrogens with one attached hydrogen (secondary N) is 1. The number of benzene rings is 3. The first-order valence-corrected chi connectivity index (χ1v) is 11.4. The number of hydrogen-bond acceptors (Lipinski definition) is 3. The van der Waals surface area contributed by atoms with Crippen LogP contribution in [0, 0.1) is 0 Å². The van der Waals surface area contributed by atoms with Crippen molar-refractivity contribution < 1.29 is 18.1 Å². The molecule has 1 heterocycles. The van der Waals surface area contributed by atoms with E-state index in [2.05, 4.69) is 49.5 Å². The summed E-state index contributed by atoms with van der Waals surface area (Å²) in [5, 5.41) is 2.49. The van der Waals surface area contributed by atoms with Crippen LogP contribution in [0.1, 0.15) is 11.1 Å². The van der Waals surface area contributed by atoms with Gasteiger partial charge in [0.2, 0.25) is 10.0 Å². The molecule has 5 nitrogen and oxygen atoms in total. The Balaban J connectivity index is 1.46. The van der Waals surface area contributed by atoms with Crippen LogP contribution in [0.15, 0.2) is 71.6 Å². The quantitative estimate of drug-likeness (QED) is 0.676. The van der Waals surface area contributed by atoms with Gasteiger partial charge < -0.3 is 9.64 Å². The molecule has 152 valence electrons. The highest BCUT2D eigenvalue weighted by molar-refractivity contribution is 7.89. The van der Waals surface area contributed by atoms with Crippen LogP contribution < -0.4 is 4.90 Å². The van der Waals surface area contributed by atoms with Gasteiger partial charge in [0.1, 0.15) is 13.1 Å². The molecule has 0 aromatic heterocycles. The van der Waals surface area contributed by atoms with Gasteiger partial charge in [0, 0.05) is 24.2 Å². The van der Waals surface area contributed by atoms with Gasteiger partial charge in [-0.15, -0.1) is 0 Å². The maximum Gasteiger partial charge on any atom is 0.243 e. The second kappa shape index (κ2) is 8.63. The van der Waals surface area contributed by atoms with Crippen molar-refractivity contribution in [2.45, 2.75) is 18.0 Å². The largest absolute Gasteiger partial charge is 0.379 e. The zero-order chi connectivity index (χ0) is 20.3. The molecule has 1 fully saturated rings. The van der Waals surface area contributed by atoms with Gasteiger partial charge in [-0.05, 0) is 29.0 Å². The summed E-state index contributed by atoms with van der Waals surface area (Å²) in [6.45, 7) is 3.39. The summed E-state index contributed by atoms with van der Waals surface area (Å²) in [5.41, 5.74) is 2.30. The minimum absolute atomic E-state index is 0.371. The number of fused-ring (bicyclic) bond motifs is 1. The molecular weight excluding hydrogens is 384 g/mol. The Bertz CT molecular complexity index is 1090. The van der Waals surface area contributed by atoms with E-state index >= 15 is 0 Å². The van der Waals surface area contributed by atoms with Crippen molar-refractivity contribution in [2.24, 2.45) is 0 Å². The van der Waals surface area contributed by atoms with Crippen molar-refractivity contribution in [3.05, 3.63) is 77.9 Å². The van der Waals surface area contributed by atoms with E-state index < -0.39 is 10.0 Å². The van der Waals surface area contributed by atoms with Crippen LogP contribution in [0.5, 0.6) is 0 Å². The summed E-state index contributed by atoms with van der Waals surface area (Å²) in [4.78, 5) is 1.68. The van der Waals surface area contributed by atoms with Crippen molar-refractivity contribution in [3.8, 4) is 0 Å². The van der Waals surface area contributed by atoms with Crippen molar-refractivity contribution in [1.82, 2.24) is 4.31 Å². The first kappa shape index (κ1) is 20.0. The Hall–Kier alpha value is -2.25. The van der Waals surface area contributed by atoms with Gasteiger partial charge in [-0.3, -0.25) is 0 Å². The summed E-state index contributed by atoms with van der Waals surface area (Å²) in [7, 11) is -1.32. The summed E-state index contributed by atoms with van der Waals surface area (Å²) in [6, 6.07) is 22.3. The van der Waals surface area contributed by atoms with E-state index in [0.29, 0.717) is 31.2 Å². The lowest BCUT2D eigenvalue weighted by Crippen LogP contribution is -3.06. The van der Waals surface area contributed by atoms with E-state index in [1.807, 2.05) is 18.2 Å². The predicted octanol–water partition coefficient (Wildman–Crippen LogP) is 2.08. The van der Waals surface area contributed by atoms with Gasteiger partial charge in [0.05, 0.1) is 25.2 Å². The van der Waals surface area contributed by atoms with Gasteiger partial charge in [-0.25, -0.2) is 8.42 Å². The topological polar surface area (TPSA) is 51.0 Å². The molecule has 1 aliphatic heterocycles. The van der Waals surface area contributed by atoms with E-state index in [-0.39, 0.29) is 0 Å². The van der Waals surface area contributed by atoms with Crippen LogP contribution in [0.4, 0.5) is 0 Å². The van der Waals surface area contributed by atoms with Crippen LogP contribution >= 0.6 is 0 Å². The molecule has 0 aliphatic carbocycles. The highest BCUT2D eigenvalue weighted by Crippen LogP contribution is 2.18. The van der Waals surface area contributed by atoms with Crippen molar-refractivity contribution in [1.29, 1.82) is 0 Å². The molecule has 1 saturated heterocycles. The third kappa shape index (κ3) is 4.67. The summed E-state index contributed by atoms with van der Waals surface area (Å²) >= 11 is 0. The molecule has 1 unspecified atom stereocenters. The lowest BCUT2D eigenvalue weighted by Gasteiger charge is -2.26. The van der Waals surface area contributed by atoms with E-state index in [1.165, 1.54) is 25.5 Å². The van der Waals surface area contributed by atoms with Crippen molar-refractivity contribution in [3.63, 3.8) is 0 Å². The average molecular weight is 412 g/mol. The molecule has 0 radical (unpaired) electrons. The Morgan fingerprint density at radius 1 is 0.862 bits per heavy atom. The van der Waals surface area contributed by atoms with Gasteiger partial charge in [0.25, 0.3) is 0 Å². The molecule has 1 atom stereocenters. The minimum atomic E-state index is -3.46. The minimum Gasteiger partial charge on any atom is -0.379 e. The number of rotatable bonds is 6. The second-order valence-corrected chi connectivity index (χ2v) is 9.59. The molecule has 6 heteroatoms. The SMILES string of the molecule is C[NH+](Cc1cccc(S(=O)(=O)N2CCOCC2)c1)Cc1ccc2ccccc2c1. The average Bonchev–Trinajstić information content (AvgIpc) is 2.74.